The number of nitrogens with zero attached hydrogens (tertiary/aromatic N) is 2. The molecule has 0 radical (unpaired) electrons. The molecule has 0 unspecified atom stereocenters. The second kappa shape index (κ2) is 5.98. The first kappa shape index (κ1) is 14.4. The molecule has 2 aromatic rings. The van der Waals surface area contributed by atoms with E-state index in [-0.39, 0.29) is 6.54 Å². The van der Waals surface area contributed by atoms with Crippen molar-refractivity contribution >= 4 is 10.0 Å². The Bertz CT molecular complexity index is 684. The van der Waals surface area contributed by atoms with Crippen LogP contribution < -0.4 is 9.46 Å². The molecular formula is C13H15N3O3S. The van der Waals surface area contributed by atoms with Crippen molar-refractivity contribution in [3.63, 3.8) is 0 Å². The first-order chi connectivity index (χ1) is 9.44. The molecule has 0 saturated heterocycles. The highest BCUT2D eigenvalue weighted by Crippen LogP contribution is 2.22. The van der Waals surface area contributed by atoms with Gasteiger partial charge in [0.05, 0.1) is 12.5 Å². The largest absolute Gasteiger partial charge is 0.437 e. The molecule has 0 fully saturated rings. The van der Waals surface area contributed by atoms with Gasteiger partial charge in [0, 0.05) is 24.0 Å². The third-order valence-electron chi connectivity index (χ3n) is 2.47. The van der Waals surface area contributed by atoms with E-state index in [1.54, 1.807) is 30.6 Å². The third kappa shape index (κ3) is 4.29. The Labute approximate surface area is 117 Å². The Kier molecular flexibility index (Phi) is 4.31. The zero-order valence-electron chi connectivity index (χ0n) is 11.2. The third-order valence-corrected chi connectivity index (χ3v) is 3.14. The topological polar surface area (TPSA) is 81.2 Å². The van der Waals surface area contributed by atoms with Crippen LogP contribution in [0.1, 0.15) is 11.3 Å². The highest BCUT2D eigenvalue weighted by atomic mass is 32.2. The molecular weight excluding hydrogens is 278 g/mol. The maximum atomic E-state index is 11.1. The predicted octanol–water partition coefficient (Wildman–Crippen LogP) is 1.63. The number of sulfonamides is 1. The summed E-state index contributed by atoms with van der Waals surface area (Å²) < 4.78 is 30.3. The number of aromatic nitrogens is 2. The normalized spacial score (nSPS) is 11.3. The van der Waals surface area contributed by atoms with Crippen LogP contribution in [0.15, 0.2) is 36.7 Å². The molecule has 0 saturated carbocycles. The van der Waals surface area contributed by atoms with E-state index in [4.69, 9.17) is 4.74 Å². The molecule has 7 heteroatoms. The maximum absolute atomic E-state index is 11.1. The van der Waals surface area contributed by atoms with Gasteiger partial charge in [0.1, 0.15) is 5.75 Å². The average Bonchev–Trinajstić information content (AvgIpc) is 2.39. The van der Waals surface area contributed by atoms with E-state index in [1.807, 2.05) is 13.0 Å². The number of nitrogens with one attached hydrogen (secondary N) is 1. The van der Waals surface area contributed by atoms with E-state index in [1.165, 1.54) is 0 Å². The van der Waals surface area contributed by atoms with E-state index in [2.05, 4.69) is 14.7 Å². The van der Waals surface area contributed by atoms with Crippen LogP contribution in [0.2, 0.25) is 0 Å². The van der Waals surface area contributed by atoms with Crippen molar-refractivity contribution in [1.29, 1.82) is 0 Å². The fourth-order valence-electron chi connectivity index (χ4n) is 1.49. The van der Waals surface area contributed by atoms with Crippen molar-refractivity contribution in [2.45, 2.75) is 13.5 Å². The molecule has 0 amide bonds. The van der Waals surface area contributed by atoms with Crippen LogP contribution in [-0.2, 0) is 16.6 Å². The molecule has 0 bridgehead atoms. The fourth-order valence-corrected chi connectivity index (χ4v) is 1.90. The minimum absolute atomic E-state index is 0.126. The molecule has 2 aromatic heterocycles. The van der Waals surface area contributed by atoms with Crippen molar-refractivity contribution in [3.05, 3.63) is 47.9 Å². The Balaban J connectivity index is 2.17. The van der Waals surface area contributed by atoms with Gasteiger partial charge in [0.2, 0.25) is 15.9 Å². The van der Waals surface area contributed by atoms with Crippen LogP contribution in [0, 0.1) is 6.92 Å². The van der Waals surface area contributed by atoms with Crippen LogP contribution in [-0.4, -0.2) is 24.6 Å². The van der Waals surface area contributed by atoms with Crippen LogP contribution in [0.25, 0.3) is 0 Å². The summed E-state index contributed by atoms with van der Waals surface area (Å²) in [6.45, 7) is 2.01. The van der Waals surface area contributed by atoms with Crippen LogP contribution in [0.3, 0.4) is 0 Å². The van der Waals surface area contributed by atoms with Gasteiger partial charge in [0.15, 0.2) is 0 Å². The van der Waals surface area contributed by atoms with Crippen molar-refractivity contribution in [2.75, 3.05) is 6.26 Å². The quantitative estimate of drug-likeness (QED) is 0.906. The molecule has 6 nitrogen and oxygen atoms in total. The predicted molar refractivity (Wildman–Crippen MR) is 75.0 cm³/mol. The summed E-state index contributed by atoms with van der Waals surface area (Å²) in [5.41, 5.74) is 1.54. The van der Waals surface area contributed by atoms with Gasteiger partial charge in [-0.2, -0.15) is 0 Å². The standard InChI is InChI=1S/C13H15N3O3S/c1-10-5-6-12(9-15-10)19-13-11(4-3-7-14-13)8-16-20(2,17)18/h3-7,9,16H,8H2,1-2H3. The summed E-state index contributed by atoms with van der Waals surface area (Å²) >= 11 is 0. The Morgan fingerprint density at radius 2 is 2.05 bits per heavy atom. The number of aryl methyl sites for hydroxylation is 1. The highest BCUT2D eigenvalue weighted by Gasteiger charge is 2.08. The first-order valence-electron chi connectivity index (χ1n) is 5.93. The first-order valence-corrected chi connectivity index (χ1v) is 7.82. The van der Waals surface area contributed by atoms with Crippen LogP contribution >= 0.6 is 0 Å². The van der Waals surface area contributed by atoms with E-state index >= 15 is 0 Å². The minimum atomic E-state index is -3.26. The van der Waals surface area contributed by atoms with Crippen LogP contribution in [0.5, 0.6) is 11.6 Å². The van der Waals surface area contributed by atoms with Gasteiger partial charge in [-0.25, -0.2) is 18.1 Å². The van der Waals surface area contributed by atoms with Crippen LogP contribution in [0.4, 0.5) is 0 Å². The van der Waals surface area contributed by atoms with Gasteiger partial charge < -0.3 is 4.74 Å². The molecule has 0 aromatic carbocycles. The minimum Gasteiger partial charge on any atom is -0.437 e. The zero-order valence-corrected chi connectivity index (χ0v) is 12.0. The van der Waals surface area contributed by atoms with Gasteiger partial charge in [-0.05, 0) is 25.1 Å². The molecule has 20 heavy (non-hydrogen) atoms. The van der Waals surface area contributed by atoms with Crippen molar-refractivity contribution in [3.8, 4) is 11.6 Å². The lowest BCUT2D eigenvalue weighted by atomic mass is 10.3. The van der Waals surface area contributed by atoms with E-state index in [9.17, 15) is 8.42 Å². The van der Waals surface area contributed by atoms with E-state index < -0.39 is 10.0 Å². The number of pyridine rings is 2. The Hall–Kier alpha value is -1.99. The van der Waals surface area contributed by atoms with Crippen molar-refractivity contribution in [1.82, 2.24) is 14.7 Å². The lowest BCUT2D eigenvalue weighted by Crippen LogP contribution is -2.21. The van der Waals surface area contributed by atoms with Crippen molar-refractivity contribution in [2.24, 2.45) is 0 Å². The Morgan fingerprint density at radius 3 is 2.70 bits per heavy atom. The zero-order chi connectivity index (χ0) is 14.6. The smallest absolute Gasteiger partial charge is 0.223 e. The monoisotopic (exact) mass is 293 g/mol. The molecule has 2 heterocycles. The second-order valence-electron chi connectivity index (χ2n) is 4.30. The van der Waals surface area contributed by atoms with Gasteiger partial charge >= 0.3 is 0 Å². The Morgan fingerprint density at radius 1 is 1.25 bits per heavy atom. The number of hydrogen-bond donors (Lipinski definition) is 1. The van der Waals surface area contributed by atoms with Crippen molar-refractivity contribution < 1.29 is 13.2 Å². The lowest BCUT2D eigenvalue weighted by Gasteiger charge is -2.09. The number of ether oxygens (including phenoxy) is 1. The molecule has 0 spiro atoms. The fraction of sp³-hybridized carbons (Fsp3) is 0.231. The summed E-state index contributed by atoms with van der Waals surface area (Å²) in [5, 5.41) is 0. The average molecular weight is 293 g/mol. The highest BCUT2D eigenvalue weighted by molar-refractivity contribution is 7.88. The molecule has 106 valence electrons. The van der Waals surface area contributed by atoms with Gasteiger partial charge in [0.25, 0.3) is 0 Å². The lowest BCUT2D eigenvalue weighted by molar-refractivity contribution is 0.453. The summed E-state index contributed by atoms with van der Waals surface area (Å²) in [7, 11) is -3.26. The number of rotatable bonds is 5. The summed E-state index contributed by atoms with van der Waals surface area (Å²) in [4.78, 5) is 8.24. The molecule has 2 rings (SSSR count). The second-order valence-corrected chi connectivity index (χ2v) is 6.13. The van der Waals surface area contributed by atoms with E-state index in [0.29, 0.717) is 17.2 Å². The molecule has 0 aliphatic rings. The van der Waals surface area contributed by atoms with E-state index in [0.717, 1.165) is 11.9 Å². The summed E-state index contributed by atoms with van der Waals surface area (Å²) in [6.07, 6.45) is 4.28. The van der Waals surface area contributed by atoms with Gasteiger partial charge in [-0.15, -0.1) is 0 Å². The maximum Gasteiger partial charge on any atom is 0.223 e. The summed E-state index contributed by atoms with van der Waals surface area (Å²) in [6, 6.07) is 7.08. The molecule has 0 aliphatic carbocycles. The summed E-state index contributed by atoms with van der Waals surface area (Å²) in [5.74, 6) is 0.907. The molecule has 1 N–H and O–H groups in total. The van der Waals surface area contributed by atoms with Gasteiger partial charge in [-0.3, -0.25) is 4.98 Å². The SMILES string of the molecule is Cc1ccc(Oc2ncccc2CNS(C)(=O)=O)cn1. The molecule has 0 aliphatic heterocycles. The molecule has 0 atom stereocenters. The number of hydrogen-bond acceptors (Lipinski definition) is 5. The van der Waals surface area contributed by atoms with Gasteiger partial charge in [-0.1, -0.05) is 6.07 Å².